The second-order valence-electron chi connectivity index (χ2n) is 8.84. The summed E-state index contributed by atoms with van der Waals surface area (Å²) in [6.07, 6.45) is 5.51. The lowest BCUT2D eigenvalue weighted by atomic mass is 9.99. The summed E-state index contributed by atoms with van der Waals surface area (Å²) >= 11 is 0. The summed E-state index contributed by atoms with van der Waals surface area (Å²) in [4.78, 5) is 27.9. The standard InChI is InChI=1S/C22H30N8O2/c1-12(2)18-20(31)27-17-14(5)26-22(28-19(17)29(18)6)24-7-15-8-25-30(10-15)11-16-9-23-21(32-16)13(3)4/h8-10,12-13,18H,7,11H2,1-6H3,(H,27,31)(H,24,26,28)/t18-/m0/s1. The Balaban J connectivity index is 1.45. The smallest absolute Gasteiger partial charge is 0.247 e. The van der Waals surface area contributed by atoms with E-state index in [-0.39, 0.29) is 23.8 Å². The molecule has 0 radical (unpaired) electrons. The van der Waals surface area contributed by atoms with E-state index in [1.165, 1.54) is 0 Å². The lowest BCUT2D eigenvalue weighted by Crippen LogP contribution is -2.49. The fourth-order valence-corrected chi connectivity index (χ4v) is 3.88. The van der Waals surface area contributed by atoms with Crippen molar-refractivity contribution in [3.63, 3.8) is 0 Å². The van der Waals surface area contributed by atoms with Gasteiger partial charge in [-0.2, -0.15) is 10.1 Å². The van der Waals surface area contributed by atoms with Crippen molar-refractivity contribution in [3.8, 4) is 0 Å². The predicted octanol–water partition coefficient (Wildman–Crippen LogP) is 3.17. The Morgan fingerprint density at radius 1 is 1.22 bits per heavy atom. The van der Waals surface area contributed by atoms with Crippen molar-refractivity contribution in [1.82, 2.24) is 24.7 Å². The third-order valence-corrected chi connectivity index (χ3v) is 5.49. The van der Waals surface area contributed by atoms with Gasteiger partial charge in [-0.15, -0.1) is 0 Å². The Morgan fingerprint density at radius 2 is 2.00 bits per heavy atom. The van der Waals surface area contributed by atoms with Crippen LogP contribution in [0.5, 0.6) is 0 Å². The van der Waals surface area contributed by atoms with Crippen molar-refractivity contribution in [2.24, 2.45) is 5.92 Å². The number of hydrogen-bond donors (Lipinski definition) is 2. The summed E-state index contributed by atoms with van der Waals surface area (Å²) in [7, 11) is 1.90. The van der Waals surface area contributed by atoms with E-state index in [2.05, 4.69) is 30.7 Å². The van der Waals surface area contributed by atoms with E-state index in [1.54, 1.807) is 12.4 Å². The first-order valence-corrected chi connectivity index (χ1v) is 10.8. The summed E-state index contributed by atoms with van der Waals surface area (Å²) in [5.74, 6) is 3.12. The molecule has 0 unspecified atom stereocenters. The molecule has 170 valence electrons. The van der Waals surface area contributed by atoms with Crippen LogP contribution in [0.2, 0.25) is 0 Å². The molecule has 1 aliphatic rings. The van der Waals surface area contributed by atoms with Crippen LogP contribution in [-0.2, 0) is 17.9 Å². The van der Waals surface area contributed by atoms with Crippen LogP contribution in [0, 0.1) is 12.8 Å². The number of carbonyl (C=O) groups is 1. The second kappa shape index (κ2) is 8.60. The maximum Gasteiger partial charge on any atom is 0.247 e. The van der Waals surface area contributed by atoms with Gasteiger partial charge in [0.05, 0.1) is 18.1 Å². The highest BCUT2D eigenvalue weighted by Gasteiger charge is 2.35. The lowest BCUT2D eigenvalue weighted by molar-refractivity contribution is -0.118. The highest BCUT2D eigenvalue weighted by Crippen LogP contribution is 2.34. The summed E-state index contributed by atoms with van der Waals surface area (Å²) < 4.78 is 7.57. The summed E-state index contributed by atoms with van der Waals surface area (Å²) in [6, 6.07) is -0.268. The average molecular weight is 439 g/mol. The number of aryl methyl sites for hydroxylation is 1. The fraction of sp³-hybridized carbons (Fsp3) is 0.500. The Bertz CT molecular complexity index is 1120. The number of carbonyl (C=O) groups excluding carboxylic acids is 1. The van der Waals surface area contributed by atoms with Gasteiger partial charge >= 0.3 is 0 Å². The van der Waals surface area contributed by atoms with Gasteiger partial charge in [0.1, 0.15) is 24.0 Å². The van der Waals surface area contributed by atoms with Crippen LogP contribution in [0.1, 0.15) is 56.5 Å². The van der Waals surface area contributed by atoms with Gasteiger partial charge in [0.25, 0.3) is 0 Å². The summed E-state index contributed by atoms with van der Waals surface area (Å²) in [5, 5.41) is 10.6. The number of fused-ring (bicyclic) bond motifs is 1. The fourth-order valence-electron chi connectivity index (χ4n) is 3.88. The molecular formula is C22H30N8O2. The first-order valence-electron chi connectivity index (χ1n) is 10.8. The van der Waals surface area contributed by atoms with E-state index in [4.69, 9.17) is 4.42 Å². The van der Waals surface area contributed by atoms with Crippen LogP contribution in [0.25, 0.3) is 0 Å². The van der Waals surface area contributed by atoms with Crippen molar-refractivity contribution in [2.75, 3.05) is 22.6 Å². The molecule has 0 spiro atoms. The number of hydrogen-bond acceptors (Lipinski definition) is 8. The summed E-state index contributed by atoms with van der Waals surface area (Å²) in [5.41, 5.74) is 2.39. The minimum absolute atomic E-state index is 0.0258. The number of likely N-dealkylation sites (N-methyl/N-ethyl adjacent to an activating group) is 1. The van der Waals surface area contributed by atoms with Gasteiger partial charge in [-0.3, -0.25) is 9.48 Å². The predicted molar refractivity (Wildman–Crippen MR) is 122 cm³/mol. The molecule has 0 fully saturated rings. The number of amides is 1. The molecule has 0 saturated heterocycles. The second-order valence-corrected chi connectivity index (χ2v) is 8.84. The topological polar surface area (TPSA) is 114 Å². The van der Waals surface area contributed by atoms with Gasteiger partial charge in [0.15, 0.2) is 11.7 Å². The van der Waals surface area contributed by atoms with Gasteiger partial charge in [0, 0.05) is 31.3 Å². The number of rotatable bonds is 7. The van der Waals surface area contributed by atoms with Crippen LogP contribution in [-0.4, -0.2) is 43.7 Å². The van der Waals surface area contributed by atoms with E-state index in [0.29, 0.717) is 24.7 Å². The van der Waals surface area contributed by atoms with Crippen LogP contribution in [0.3, 0.4) is 0 Å². The number of anilines is 3. The average Bonchev–Trinajstić information content (AvgIpc) is 3.37. The maximum atomic E-state index is 12.5. The number of nitrogens with zero attached hydrogens (tertiary/aromatic N) is 6. The third kappa shape index (κ3) is 4.30. The highest BCUT2D eigenvalue weighted by atomic mass is 16.4. The van der Waals surface area contributed by atoms with Gasteiger partial charge in [-0.05, 0) is 12.8 Å². The van der Waals surface area contributed by atoms with Crippen molar-refractivity contribution in [1.29, 1.82) is 0 Å². The first-order chi connectivity index (χ1) is 15.2. The monoisotopic (exact) mass is 438 g/mol. The van der Waals surface area contributed by atoms with Crippen LogP contribution in [0.15, 0.2) is 23.0 Å². The quantitative estimate of drug-likeness (QED) is 0.578. The van der Waals surface area contributed by atoms with E-state index < -0.39 is 0 Å². The van der Waals surface area contributed by atoms with E-state index in [0.717, 1.165) is 28.7 Å². The molecule has 32 heavy (non-hydrogen) atoms. The molecule has 10 heteroatoms. The molecule has 1 aliphatic heterocycles. The van der Waals surface area contributed by atoms with Gasteiger partial charge in [0.2, 0.25) is 11.9 Å². The largest absolute Gasteiger partial charge is 0.443 e. The molecule has 4 heterocycles. The third-order valence-electron chi connectivity index (χ3n) is 5.49. The van der Waals surface area contributed by atoms with Gasteiger partial charge < -0.3 is 20.0 Å². The zero-order valence-electron chi connectivity index (χ0n) is 19.4. The molecule has 10 nitrogen and oxygen atoms in total. The van der Waals surface area contributed by atoms with Crippen molar-refractivity contribution in [2.45, 2.75) is 59.7 Å². The highest BCUT2D eigenvalue weighted by molar-refractivity contribution is 6.03. The number of oxazole rings is 1. The molecule has 0 aromatic carbocycles. The van der Waals surface area contributed by atoms with E-state index >= 15 is 0 Å². The minimum Gasteiger partial charge on any atom is -0.443 e. The van der Waals surface area contributed by atoms with Crippen LogP contribution < -0.4 is 15.5 Å². The maximum absolute atomic E-state index is 12.5. The molecular weight excluding hydrogens is 408 g/mol. The zero-order chi connectivity index (χ0) is 23.0. The number of nitrogens with one attached hydrogen (secondary N) is 2. The van der Waals surface area contributed by atoms with Gasteiger partial charge in [-0.25, -0.2) is 9.97 Å². The lowest BCUT2D eigenvalue weighted by Gasteiger charge is -2.36. The summed E-state index contributed by atoms with van der Waals surface area (Å²) in [6.45, 7) is 11.1. The normalized spacial score (nSPS) is 15.9. The Hall–Kier alpha value is -3.43. The Labute approximate surface area is 187 Å². The zero-order valence-corrected chi connectivity index (χ0v) is 19.4. The number of aromatic nitrogens is 5. The molecule has 4 rings (SSSR count). The van der Waals surface area contributed by atoms with Crippen LogP contribution in [0.4, 0.5) is 17.5 Å². The van der Waals surface area contributed by atoms with E-state index in [9.17, 15) is 4.79 Å². The Kier molecular flexibility index (Phi) is 5.86. The molecule has 3 aromatic heterocycles. The molecule has 2 N–H and O–H groups in total. The molecule has 0 aliphatic carbocycles. The Morgan fingerprint density at radius 3 is 2.69 bits per heavy atom. The van der Waals surface area contributed by atoms with E-state index in [1.807, 2.05) is 57.4 Å². The SMILES string of the molecule is Cc1nc(NCc2cnn(Cc3cnc(C(C)C)o3)c2)nc2c1NC(=O)[C@H](C(C)C)N2C. The molecule has 1 atom stereocenters. The minimum atomic E-state index is -0.268. The molecule has 3 aromatic rings. The van der Waals surface area contributed by atoms with Gasteiger partial charge in [-0.1, -0.05) is 27.7 Å². The van der Waals surface area contributed by atoms with Crippen molar-refractivity contribution < 1.29 is 9.21 Å². The molecule has 0 bridgehead atoms. The first kappa shape index (κ1) is 21.8. The molecule has 0 saturated carbocycles. The van der Waals surface area contributed by atoms with Crippen molar-refractivity contribution >= 4 is 23.4 Å². The molecule has 1 amide bonds. The van der Waals surface area contributed by atoms with Crippen molar-refractivity contribution in [3.05, 3.63) is 41.5 Å². The van der Waals surface area contributed by atoms with Crippen LogP contribution >= 0.6 is 0 Å².